The van der Waals surface area contributed by atoms with Gasteiger partial charge in [-0.25, -0.2) is 0 Å². The van der Waals surface area contributed by atoms with Crippen LogP contribution in [-0.2, 0) is 0 Å². The first-order chi connectivity index (χ1) is 12.3. The molecule has 2 heteroatoms. The van der Waals surface area contributed by atoms with Gasteiger partial charge in [-0.05, 0) is 97.7 Å². The molecule has 0 bridgehead atoms. The smallest absolute Gasteiger partial charge is 0.0577 e. The van der Waals surface area contributed by atoms with E-state index >= 15 is 0 Å². The zero-order valence-corrected chi connectivity index (χ0v) is 17.6. The molecule has 2 nitrogen and oxygen atoms in total. The largest absolute Gasteiger partial charge is 0.393 e. The van der Waals surface area contributed by atoms with Crippen LogP contribution in [0.1, 0.15) is 91.9 Å². The fraction of sp³-hybridized carbons (Fsp3) is 1.00. The molecule has 4 aliphatic carbocycles. The van der Waals surface area contributed by atoms with E-state index in [2.05, 4.69) is 27.7 Å². The van der Waals surface area contributed by atoms with E-state index in [-0.39, 0.29) is 12.2 Å². The lowest BCUT2D eigenvalue weighted by Crippen LogP contribution is -2.58. The summed E-state index contributed by atoms with van der Waals surface area (Å²) in [6.07, 6.45) is 11.8. The van der Waals surface area contributed by atoms with Crippen LogP contribution < -0.4 is 0 Å². The van der Waals surface area contributed by atoms with Crippen LogP contribution in [0.3, 0.4) is 0 Å². The fourth-order valence-electron chi connectivity index (χ4n) is 8.83. The maximum atomic E-state index is 11.3. The average Bonchev–Trinajstić information content (AvgIpc) is 2.94. The van der Waals surface area contributed by atoms with Crippen molar-refractivity contribution < 1.29 is 10.2 Å². The monoisotopic (exact) mass is 362 g/mol. The maximum absolute atomic E-state index is 11.3. The minimum absolute atomic E-state index is 0.128. The molecule has 0 radical (unpaired) electrons. The van der Waals surface area contributed by atoms with E-state index in [1.807, 2.05) is 0 Å². The molecular formula is C24H42O2. The molecule has 0 spiro atoms. The second-order valence-electron chi connectivity index (χ2n) is 11.2. The van der Waals surface area contributed by atoms with Gasteiger partial charge in [0.05, 0.1) is 12.2 Å². The van der Waals surface area contributed by atoms with Crippen LogP contribution in [0.2, 0.25) is 0 Å². The molecule has 10 atom stereocenters. The van der Waals surface area contributed by atoms with Crippen LogP contribution in [0.5, 0.6) is 0 Å². The van der Waals surface area contributed by atoms with Crippen LogP contribution in [0.25, 0.3) is 0 Å². The standard InChI is InChI=1S/C24H42O2/c1-5-6-15(2)18-7-8-19-22-20(10-12-24(18,19)4)23(3)11-9-17(25)13-16(23)14-21(22)26/h15-22,25-26H,5-14H2,1-4H3/t15?,16-,17+,18+,19?,20-,21-,22?,23-,24+/m0/s1. The summed E-state index contributed by atoms with van der Waals surface area (Å²) in [5.74, 6) is 4.15. The molecule has 0 amide bonds. The lowest BCUT2D eigenvalue weighted by Gasteiger charge is -2.62. The van der Waals surface area contributed by atoms with E-state index in [1.54, 1.807) is 0 Å². The van der Waals surface area contributed by atoms with Crippen molar-refractivity contribution >= 4 is 0 Å². The Morgan fingerprint density at radius 1 is 0.923 bits per heavy atom. The Bertz CT molecular complexity index is 518. The minimum atomic E-state index is -0.131. The molecule has 0 aromatic rings. The van der Waals surface area contributed by atoms with E-state index in [1.165, 1.54) is 44.9 Å². The van der Waals surface area contributed by atoms with E-state index < -0.39 is 0 Å². The second kappa shape index (κ2) is 6.76. The van der Waals surface area contributed by atoms with Gasteiger partial charge in [0, 0.05) is 0 Å². The van der Waals surface area contributed by atoms with Gasteiger partial charge in [0.15, 0.2) is 0 Å². The number of rotatable bonds is 3. The van der Waals surface area contributed by atoms with E-state index in [9.17, 15) is 10.2 Å². The van der Waals surface area contributed by atoms with Crippen molar-refractivity contribution in [3.05, 3.63) is 0 Å². The molecule has 4 aliphatic rings. The molecule has 0 saturated heterocycles. The Kier molecular flexibility index (Phi) is 5.01. The molecule has 2 N–H and O–H groups in total. The van der Waals surface area contributed by atoms with E-state index in [4.69, 9.17) is 0 Å². The quantitative estimate of drug-likeness (QED) is 0.704. The molecule has 0 aliphatic heterocycles. The normalized spacial score (nSPS) is 54.9. The summed E-state index contributed by atoms with van der Waals surface area (Å²) in [7, 11) is 0. The van der Waals surface area contributed by atoms with Crippen LogP contribution in [0.15, 0.2) is 0 Å². The van der Waals surface area contributed by atoms with Crippen LogP contribution in [0, 0.1) is 46.3 Å². The van der Waals surface area contributed by atoms with E-state index in [0.717, 1.165) is 37.0 Å². The Hall–Kier alpha value is -0.0800. The highest BCUT2D eigenvalue weighted by Crippen LogP contribution is 2.68. The number of hydrogen-bond acceptors (Lipinski definition) is 2. The van der Waals surface area contributed by atoms with Crippen molar-refractivity contribution in [1.82, 2.24) is 0 Å². The van der Waals surface area contributed by atoms with Gasteiger partial charge in [-0.3, -0.25) is 0 Å². The summed E-state index contributed by atoms with van der Waals surface area (Å²) in [6.45, 7) is 9.92. The van der Waals surface area contributed by atoms with Crippen molar-refractivity contribution in [3.63, 3.8) is 0 Å². The highest BCUT2D eigenvalue weighted by molar-refractivity contribution is 5.11. The zero-order chi connectivity index (χ0) is 18.7. The summed E-state index contributed by atoms with van der Waals surface area (Å²) >= 11 is 0. The molecule has 4 saturated carbocycles. The fourth-order valence-corrected chi connectivity index (χ4v) is 8.83. The highest BCUT2D eigenvalue weighted by Gasteiger charge is 2.62. The first kappa shape index (κ1) is 19.2. The summed E-state index contributed by atoms with van der Waals surface area (Å²) < 4.78 is 0. The first-order valence-electron chi connectivity index (χ1n) is 11.7. The number of hydrogen-bond donors (Lipinski definition) is 2. The van der Waals surface area contributed by atoms with Crippen molar-refractivity contribution in [1.29, 1.82) is 0 Å². The van der Waals surface area contributed by atoms with Crippen LogP contribution in [-0.4, -0.2) is 22.4 Å². The number of aliphatic hydroxyl groups excluding tert-OH is 2. The highest BCUT2D eigenvalue weighted by atomic mass is 16.3. The van der Waals surface area contributed by atoms with Crippen molar-refractivity contribution in [2.75, 3.05) is 0 Å². The van der Waals surface area contributed by atoms with Crippen molar-refractivity contribution in [3.8, 4) is 0 Å². The van der Waals surface area contributed by atoms with Gasteiger partial charge in [-0.2, -0.15) is 0 Å². The molecular weight excluding hydrogens is 320 g/mol. The topological polar surface area (TPSA) is 40.5 Å². The first-order valence-corrected chi connectivity index (χ1v) is 11.7. The van der Waals surface area contributed by atoms with Gasteiger partial charge < -0.3 is 10.2 Å². The van der Waals surface area contributed by atoms with Crippen LogP contribution in [0.4, 0.5) is 0 Å². The van der Waals surface area contributed by atoms with Gasteiger partial charge in [0.25, 0.3) is 0 Å². The summed E-state index contributed by atoms with van der Waals surface area (Å²) in [4.78, 5) is 0. The SMILES string of the molecule is CCCC(C)[C@H]1CCC2C3[C@@H](O)C[C@@H]4C[C@H](O)CC[C@]4(C)[C@H]3CC[C@@]21C. The predicted octanol–water partition coefficient (Wildman–Crippen LogP) is 5.41. The lowest BCUT2D eigenvalue weighted by molar-refractivity contribution is -0.174. The molecule has 0 aromatic carbocycles. The molecule has 0 aromatic heterocycles. The molecule has 4 rings (SSSR count). The predicted molar refractivity (Wildman–Crippen MR) is 107 cm³/mol. The molecule has 150 valence electrons. The molecule has 0 heterocycles. The average molecular weight is 363 g/mol. The van der Waals surface area contributed by atoms with Gasteiger partial charge in [0.2, 0.25) is 0 Å². The van der Waals surface area contributed by atoms with Gasteiger partial charge >= 0.3 is 0 Å². The number of fused-ring (bicyclic) bond motifs is 5. The van der Waals surface area contributed by atoms with Crippen molar-refractivity contribution in [2.24, 2.45) is 46.3 Å². The molecule has 26 heavy (non-hydrogen) atoms. The van der Waals surface area contributed by atoms with Crippen LogP contribution >= 0.6 is 0 Å². The Morgan fingerprint density at radius 2 is 1.62 bits per heavy atom. The van der Waals surface area contributed by atoms with Crippen molar-refractivity contribution in [2.45, 2.75) is 104 Å². The summed E-state index contributed by atoms with van der Waals surface area (Å²) in [5.41, 5.74) is 0.811. The van der Waals surface area contributed by atoms with E-state index in [0.29, 0.717) is 28.6 Å². The Morgan fingerprint density at radius 3 is 2.35 bits per heavy atom. The Labute approximate surface area is 161 Å². The maximum Gasteiger partial charge on any atom is 0.0577 e. The lowest BCUT2D eigenvalue weighted by atomic mass is 9.43. The molecule has 4 fully saturated rings. The zero-order valence-electron chi connectivity index (χ0n) is 17.6. The third kappa shape index (κ3) is 2.72. The van der Waals surface area contributed by atoms with Gasteiger partial charge in [-0.15, -0.1) is 0 Å². The third-order valence-corrected chi connectivity index (χ3v) is 10.2. The summed E-state index contributed by atoms with van der Waals surface area (Å²) in [6, 6.07) is 0. The Balaban J connectivity index is 1.61. The summed E-state index contributed by atoms with van der Waals surface area (Å²) in [5, 5.41) is 21.5. The number of aliphatic hydroxyl groups is 2. The van der Waals surface area contributed by atoms with Gasteiger partial charge in [-0.1, -0.05) is 40.5 Å². The molecule has 3 unspecified atom stereocenters. The third-order valence-electron chi connectivity index (χ3n) is 10.2. The minimum Gasteiger partial charge on any atom is -0.393 e. The second-order valence-corrected chi connectivity index (χ2v) is 11.2. The van der Waals surface area contributed by atoms with Gasteiger partial charge in [0.1, 0.15) is 0 Å².